The third kappa shape index (κ3) is 6.41. The summed E-state index contributed by atoms with van der Waals surface area (Å²) in [5, 5.41) is 5.30. The SMILES string of the molecule is CC(C)(C)[C@H](N)C(=O)NCCNC(=O)c1ccc(F)cc1.Cl. The molecule has 0 aliphatic carbocycles. The summed E-state index contributed by atoms with van der Waals surface area (Å²) in [5.74, 6) is -0.960. The zero-order chi connectivity index (χ0) is 16.0. The lowest BCUT2D eigenvalue weighted by Crippen LogP contribution is -2.49. The quantitative estimate of drug-likeness (QED) is 0.714. The van der Waals surface area contributed by atoms with Crippen LogP contribution in [0, 0.1) is 11.2 Å². The number of benzene rings is 1. The molecule has 5 nitrogen and oxygen atoms in total. The standard InChI is InChI=1S/C15H22FN3O2.ClH/c1-15(2,3)12(17)14(21)19-9-8-18-13(20)10-4-6-11(16)7-5-10;/h4-7,12H,8-9,17H2,1-3H3,(H,18,20)(H,19,21);1H/t12-;/m1./s1. The highest BCUT2D eigenvalue weighted by atomic mass is 35.5. The molecule has 0 aliphatic rings. The van der Waals surface area contributed by atoms with Gasteiger partial charge < -0.3 is 16.4 Å². The Bertz CT molecular complexity index is 501. The van der Waals surface area contributed by atoms with Crippen LogP contribution in [0.15, 0.2) is 24.3 Å². The molecule has 0 saturated heterocycles. The number of nitrogens with two attached hydrogens (primary N) is 1. The summed E-state index contributed by atoms with van der Waals surface area (Å²) in [7, 11) is 0. The number of nitrogens with one attached hydrogen (secondary N) is 2. The van der Waals surface area contributed by atoms with Gasteiger partial charge in [-0.25, -0.2) is 4.39 Å². The molecular weight excluding hydrogens is 309 g/mol. The molecule has 0 unspecified atom stereocenters. The molecule has 0 saturated carbocycles. The lowest BCUT2D eigenvalue weighted by molar-refractivity contribution is -0.124. The maximum atomic E-state index is 12.7. The Morgan fingerprint density at radius 3 is 2.14 bits per heavy atom. The van der Waals surface area contributed by atoms with Gasteiger partial charge >= 0.3 is 0 Å². The first-order valence-corrected chi connectivity index (χ1v) is 6.79. The molecule has 0 bridgehead atoms. The van der Waals surface area contributed by atoms with Crippen LogP contribution in [0.5, 0.6) is 0 Å². The van der Waals surface area contributed by atoms with Crippen molar-refractivity contribution in [3.05, 3.63) is 35.6 Å². The third-order valence-corrected chi connectivity index (χ3v) is 3.03. The molecule has 0 spiro atoms. The fraction of sp³-hybridized carbons (Fsp3) is 0.467. The van der Waals surface area contributed by atoms with Crippen LogP contribution in [-0.4, -0.2) is 30.9 Å². The van der Waals surface area contributed by atoms with Crippen LogP contribution in [-0.2, 0) is 4.79 Å². The summed E-state index contributed by atoms with van der Waals surface area (Å²) in [6.07, 6.45) is 0. The Hall–Kier alpha value is -1.66. The highest BCUT2D eigenvalue weighted by Crippen LogP contribution is 2.16. The second-order valence-electron chi connectivity index (χ2n) is 5.90. The normalized spacial score (nSPS) is 12.0. The van der Waals surface area contributed by atoms with E-state index >= 15 is 0 Å². The summed E-state index contributed by atoms with van der Waals surface area (Å²) in [5.41, 5.74) is 5.86. The van der Waals surface area contributed by atoms with Crippen LogP contribution in [0.3, 0.4) is 0 Å². The van der Waals surface area contributed by atoms with E-state index in [1.807, 2.05) is 20.8 Å². The van der Waals surface area contributed by atoms with Crippen LogP contribution >= 0.6 is 12.4 Å². The van der Waals surface area contributed by atoms with Gasteiger partial charge in [-0.2, -0.15) is 0 Å². The summed E-state index contributed by atoms with van der Waals surface area (Å²) >= 11 is 0. The Labute approximate surface area is 136 Å². The van der Waals surface area contributed by atoms with Gasteiger partial charge in [-0.05, 0) is 29.7 Å². The van der Waals surface area contributed by atoms with Crippen LogP contribution in [0.1, 0.15) is 31.1 Å². The van der Waals surface area contributed by atoms with Crippen molar-refractivity contribution in [2.75, 3.05) is 13.1 Å². The molecule has 1 atom stereocenters. The molecule has 0 heterocycles. The lowest BCUT2D eigenvalue weighted by atomic mass is 9.87. The van der Waals surface area contributed by atoms with Crippen molar-refractivity contribution >= 4 is 24.2 Å². The van der Waals surface area contributed by atoms with E-state index in [1.165, 1.54) is 24.3 Å². The van der Waals surface area contributed by atoms with E-state index in [0.717, 1.165) is 0 Å². The molecule has 22 heavy (non-hydrogen) atoms. The van der Waals surface area contributed by atoms with E-state index in [4.69, 9.17) is 5.73 Å². The highest BCUT2D eigenvalue weighted by molar-refractivity contribution is 5.94. The molecular formula is C15H23ClFN3O2. The number of rotatable bonds is 5. The van der Waals surface area contributed by atoms with Gasteiger partial charge in [0, 0.05) is 18.7 Å². The van der Waals surface area contributed by atoms with Gasteiger partial charge in [0.1, 0.15) is 5.82 Å². The van der Waals surface area contributed by atoms with E-state index < -0.39 is 11.9 Å². The van der Waals surface area contributed by atoms with E-state index in [-0.39, 0.29) is 42.7 Å². The molecule has 0 aliphatic heterocycles. The summed E-state index contributed by atoms with van der Waals surface area (Å²) in [4.78, 5) is 23.5. The average molecular weight is 332 g/mol. The molecule has 1 aromatic rings. The summed E-state index contributed by atoms with van der Waals surface area (Å²) in [6.45, 7) is 6.21. The monoisotopic (exact) mass is 331 g/mol. The zero-order valence-corrected chi connectivity index (χ0v) is 13.8. The van der Waals surface area contributed by atoms with Crippen molar-refractivity contribution in [2.24, 2.45) is 11.1 Å². The molecule has 124 valence electrons. The molecule has 4 N–H and O–H groups in total. The first kappa shape index (κ1) is 20.3. The van der Waals surface area contributed by atoms with Crippen molar-refractivity contribution in [3.8, 4) is 0 Å². The maximum Gasteiger partial charge on any atom is 0.251 e. The summed E-state index contributed by atoms with van der Waals surface area (Å²) in [6, 6.07) is 4.64. The van der Waals surface area contributed by atoms with Gasteiger partial charge in [-0.1, -0.05) is 20.8 Å². The molecule has 2 amide bonds. The van der Waals surface area contributed by atoms with Gasteiger partial charge in [0.05, 0.1) is 6.04 Å². The second kappa shape index (κ2) is 8.70. The Balaban J connectivity index is 0.00000441. The fourth-order valence-corrected chi connectivity index (χ4v) is 1.57. The van der Waals surface area contributed by atoms with Crippen molar-refractivity contribution in [2.45, 2.75) is 26.8 Å². The molecule has 0 aromatic heterocycles. The number of halogens is 2. The number of amides is 2. The van der Waals surface area contributed by atoms with Crippen molar-refractivity contribution in [1.82, 2.24) is 10.6 Å². The predicted octanol–water partition coefficient (Wildman–Crippen LogP) is 1.47. The van der Waals surface area contributed by atoms with Crippen LogP contribution in [0.4, 0.5) is 4.39 Å². The van der Waals surface area contributed by atoms with E-state index in [2.05, 4.69) is 10.6 Å². The largest absolute Gasteiger partial charge is 0.353 e. The van der Waals surface area contributed by atoms with E-state index in [9.17, 15) is 14.0 Å². The van der Waals surface area contributed by atoms with Crippen LogP contribution < -0.4 is 16.4 Å². The first-order chi connectivity index (χ1) is 9.71. The van der Waals surface area contributed by atoms with E-state index in [1.54, 1.807) is 0 Å². The first-order valence-electron chi connectivity index (χ1n) is 6.79. The Morgan fingerprint density at radius 2 is 1.64 bits per heavy atom. The van der Waals surface area contributed by atoms with Crippen molar-refractivity contribution in [3.63, 3.8) is 0 Å². The minimum absolute atomic E-state index is 0. The lowest BCUT2D eigenvalue weighted by Gasteiger charge is -2.25. The molecule has 7 heteroatoms. The summed E-state index contributed by atoms with van der Waals surface area (Å²) < 4.78 is 12.7. The minimum Gasteiger partial charge on any atom is -0.353 e. The average Bonchev–Trinajstić information content (AvgIpc) is 2.42. The molecule has 1 aromatic carbocycles. The van der Waals surface area contributed by atoms with Crippen molar-refractivity contribution in [1.29, 1.82) is 0 Å². The maximum absolute atomic E-state index is 12.7. The number of hydrogen-bond donors (Lipinski definition) is 3. The van der Waals surface area contributed by atoms with Gasteiger partial charge in [0.15, 0.2) is 0 Å². The van der Waals surface area contributed by atoms with E-state index in [0.29, 0.717) is 5.56 Å². The van der Waals surface area contributed by atoms with Crippen LogP contribution in [0.25, 0.3) is 0 Å². The Morgan fingerprint density at radius 1 is 1.14 bits per heavy atom. The topological polar surface area (TPSA) is 84.2 Å². The van der Waals surface area contributed by atoms with Gasteiger partial charge in [-0.15, -0.1) is 12.4 Å². The third-order valence-electron chi connectivity index (χ3n) is 3.03. The van der Waals surface area contributed by atoms with Crippen LogP contribution in [0.2, 0.25) is 0 Å². The van der Waals surface area contributed by atoms with Gasteiger partial charge in [0.25, 0.3) is 5.91 Å². The second-order valence-corrected chi connectivity index (χ2v) is 5.90. The van der Waals surface area contributed by atoms with Gasteiger partial charge in [0.2, 0.25) is 5.91 Å². The molecule has 0 fully saturated rings. The highest BCUT2D eigenvalue weighted by Gasteiger charge is 2.26. The molecule has 1 rings (SSSR count). The Kier molecular flexibility index (Phi) is 8.05. The number of hydrogen-bond acceptors (Lipinski definition) is 3. The van der Waals surface area contributed by atoms with Crippen molar-refractivity contribution < 1.29 is 14.0 Å². The predicted molar refractivity (Wildman–Crippen MR) is 86.4 cm³/mol. The minimum atomic E-state index is -0.606. The number of carbonyl (C=O) groups is 2. The number of carbonyl (C=O) groups excluding carboxylic acids is 2. The fourth-order valence-electron chi connectivity index (χ4n) is 1.57. The molecule has 0 radical (unpaired) electrons. The smallest absolute Gasteiger partial charge is 0.251 e. The van der Waals surface area contributed by atoms with Gasteiger partial charge in [-0.3, -0.25) is 9.59 Å². The zero-order valence-electron chi connectivity index (χ0n) is 13.0.